The molecular weight excluding hydrogens is 409 g/mol. The fraction of sp³-hybridized carbons (Fsp3) is 0.364. The number of hydrogen-bond donors (Lipinski definition) is 0. The quantitative estimate of drug-likeness (QED) is 0.327. The van der Waals surface area contributed by atoms with Crippen LogP contribution in [0, 0.1) is 0 Å². The molecule has 166 valence electrons. The van der Waals surface area contributed by atoms with Crippen LogP contribution in [0.25, 0.3) is 5.69 Å². The molecule has 4 rings (SSSR count). The van der Waals surface area contributed by atoms with E-state index in [0.29, 0.717) is 6.61 Å². The Morgan fingerprint density at radius 2 is 1.65 bits per heavy atom. The molecule has 0 spiro atoms. The molecule has 0 saturated heterocycles. The lowest BCUT2D eigenvalue weighted by molar-refractivity contribution is -0.742. The molecule has 0 amide bonds. The highest BCUT2D eigenvalue weighted by atomic mass is 19.5. The monoisotopic (exact) mass is 435 g/mol. The van der Waals surface area contributed by atoms with Crippen molar-refractivity contribution in [2.24, 2.45) is 0 Å². The average Bonchev–Trinajstić information content (AvgIpc) is 3.12. The normalized spacial score (nSPS) is 16.3. The highest BCUT2D eigenvalue weighted by molar-refractivity contribution is 6.50. The van der Waals surface area contributed by atoms with E-state index < -0.39 is 7.25 Å². The number of hydrogen-bond acceptors (Lipinski definition) is 2. The molecule has 0 saturated carbocycles. The van der Waals surface area contributed by atoms with Crippen molar-refractivity contribution in [1.29, 1.82) is 0 Å². The van der Waals surface area contributed by atoms with Gasteiger partial charge in [0, 0.05) is 11.5 Å². The Balaban J connectivity index is 0.000000491. The summed E-state index contributed by atoms with van der Waals surface area (Å²) < 4.78 is 49.0. The van der Waals surface area contributed by atoms with Crippen LogP contribution in [-0.4, -0.2) is 23.6 Å². The largest absolute Gasteiger partial charge is 0.673 e. The van der Waals surface area contributed by atoms with Gasteiger partial charge in [0.1, 0.15) is 18.3 Å². The fourth-order valence-electron chi connectivity index (χ4n) is 3.44. The van der Waals surface area contributed by atoms with Crippen LogP contribution in [-0.2, 0) is 23.2 Å². The molecule has 31 heavy (non-hydrogen) atoms. The Morgan fingerprint density at radius 3 is 2.23 bits per heavy atom. The second kappa shape index (κ2) is 9.22. The molecule has 9 heteroatoms. The molecule has 1 aromatic heterocycles. The number of rotatable bonds is 3. The van der Waals surface area contributed by atoms with Crippen LogP contribution >= 0.6 is 0 Å². The van der Waals surface area contributed by atoms with Crippen molar-refractivity contribution in [2.75, 3.05) is 6.61 Å². The van der Waals surface area contributed by atoms with Crippen LogP contribution in [0.1, 0.15) is 43.8 Å². The van der Waals surface area contributed by atoms with E-state index in [1.54, 1.807) is 0 Å². The molecule has 0 N–H and O–H groups in total. The van der Waals surface area contributed by atoms with Gasteiger partial charge in [-0.1, -0.05) is 67.9 Å². The van der Waals surface area contributed by atoms with E-state index in [9.17, 15) is 17.3 Å². The fourth-order valence-corrected chi connectivity index (χ4v) is 3.44. The first-order valence-corrected chi connectivity index (χ1v) is 10.1. The van der Waals surface area contributed by atoms with Gasteiger partial charge in [-0.05, 0) is 28.7 Å². The molecule has 0 fully saturated rings. The molecule has 0 bridgehead atoms. The van der Waals surface area contributed by atoms with Crippen molar-refractivity contribution in [3.05, 3.63) is 77.9 Å². The maximum Gasteiger partial charge on any atom is 0.673 e. The molecule has 1 atom stereocenters. The van der Waals surface area contributed by atoms with Crippen LogP contribution in [0.4, 0.5) is 17.3 Å². The third-order valence-electron chi connectivity index (χ3n) is 5.00. The van der Waals surface area contributed by atoms with Crippen LogP contribution in [0.5, 0.6) is 0 Å². The Bertz CT molecular complexity index is 977. The van der Waals surface area contributed by atoms with Gasteiger partial charge in [0.2, 0.25) is 6.33 Å². The Hall–Kier alpha value is -2.68. The third kappa shape index (κ3) is 6.65. The summed E-state index contributed by atoms with van der Waals surface area (Å²) in [5.41, 5.74) is 3.89. The topological polar surface area (TPSA) is 30.9 Å². The summed E-state index contributed by atoms with van der Waals surface area (Å²) in [5, 5.41) is 4.76. The second-order valence-electron chi connectivity index (χ2n) is 8.53. The zero-order chi connectivity index (χ0) is 22.6. The number of nitrogens with zero attached hydrogens (tertiary/aromatic N) is 3. The van der Waals surface area contributed by atoms with E-state index in [-0.39, 0.29) is 11.5 Å². The van der Waals surface area contributed by atoms with E-state index in [1.807, 2.05) is 4.68 Å². The molecule has 0 radical (unpaired) electrons. The van der Waals surface area contributed by atoms with Gasteiger partial charge in [-0.15, -0.1) is 0 Å². The van der Waals surface area contributed by atoms with Gasteiger partial charge in [-0.25, -0.2) is 4.57 Å². The first kappa shape index (κ1) is 23.0. The number of benzene rings is 2. The second-order valence-corrected chi connectivity index (χ2v) is 8.53. The Labute approximate surface area is 179 Å². The lowest BCUT2D eigenvalue weighted by atomic mass is 9.87. The van der Waals surface area contributed by atoms with E-state index in [1.165, 1.54) is 11.1 Å². The number of halogens is 4. The van der Waals surface area contributed by atoms with Crippen molar-refractivity contribution < 1.29 is 26.6 Å². The molecule has 3 aromatic rings. The summed E-state index contributed by atoms with van der Waals surface area (Å²) in [6.45, 7) is 7.99. The van der Waals surface area contributed by atoms with Gasteiger partial charge in [0.25, 0.3) is 0 Å². The summed E-state index contributed by atoms with van der Waals surface area (Å²) in [7, 11) is -6.00. The molecule has 1 aliphatic heterocycles. The van der Waals surface area contributed by atoms with Gasteiger partial charge in [-0.2, -0.15) is 0 Å². The summed E-state index contributed by atoms with van der Waals surface area (Å²) >= 11 is 0. The highest BCUT2D eigenvalue weighted by Crippen LogP contribution is 2.23. The molecular formula is C22H26BF4N3O. The maximum atomic E-state index is 9.75. The SMILES string of the molecule is CC(C)(C)c1ccc(-n2c[n+]3c(n2)COCC3Cc2ccccc2)cc1.F[B-](F)(F)F. The van der Waals surface area contributed by atoms with Crippen molar-refractivity contribution >= 4 is 7.25 Å². The Morgan fingerprint density at radius 1 is 1.03 bits per heavy atom. The predicted octanol–water partition coefficient (Wildman–Crippen LogP) is 5.07. The first-order chi connectivity index (χ1) is 14.5. The summed E-state index contributed by atoms with van der Waals surface area (Å²) in [6.07, 6.45) is 3.06. The van der Waals surface area contributed by atoms with Crippen molar-refractivity contribution in [1.82, 2.24) is 9.78 Å². The molecule has 2 aromatic carbocycles. The van der Waals surface area contributed by atoms with Gasteiger partial charge in [0.05, 0.1) is 6.61 Å². The highest BCUT2D eigenvalue weighted by Gasteiger charge is 2.30. The van der Waals surface area contributed by atoms with Gasteiger partial charge in [0.15, 0.2) is 0 Å². The van der Waals surface area contributed by atoms with Crippen LogP contribution in [0.3, 0.4) is 0 Å². The van der Waals surface area contributed by atoms with Gasteiger partial charge in [-0.3, -0.25) is 0 Å². The lowest BCUT2D eigenvalue weighted by Gasteiger charge is -2.19. The average molecular weight is 435 g/mol. The van der Waals surface area contributed by atoms with Crippen molar-refractivity contribution in [3.63, 3.8) is 0 Å². The predicted molar refractivity (Wildman–Crippen MR) is 111 cm³/mol. The van der Waals surface area contributed by atoms with Crippen LogP contribution < -0.4 is 4.57 Å². The van der Waals surface area contributed by atoms with E-state index >= 15 is 0 Å². The molecule has 1 aliphatic rings. The maximum absolute atomic E-state index is 9.75. The summed E-state index contributed by atoms with van der Waals surface area (Å²) in [6, 6.07) is 19.5. The van der Waals surface area contributed by atoms with E-state index in [4.69, 9.17) is 9.84 Å². The summed E-state index contributed by atoms with van der Waals surface area (Å²) in [4.78, 5) is 0. The lowest BCUT2D eigenvalue weighted by Crippen LogP contribution is -2.48. The Kier molecular flexibility index (Phi) is 6.84. The molecule has 4 nitrogen and oxygen atoms in total. The minimum Gasteiger partial charge on any atom is -0.418 e. The number of ether oxygens (including phenoxy) is 1. The van der Waals surface area contributed by atoms with Gasteiger partial charge >= 0.3 is 13.1 Å². The minimum atomic E-state index is -6.00. The van der Waals surface area contributed by atoms with Gasteiger partial charge < -0.3 is 22.0 Å². The van der Waals surface area contributed by atoms with Crippen LogP contribution in [0.2, 0.25) is 0 Å². The zero-order valence-electron chi connectivity index (χ0n) is 17.8. The van der Waals surface area contributed by atoms with Crippen LogP contribution in [0.15, 0.2) is 60.9 Å². The van der Waals surface area contributed by atoms with E-state index in [2.05, 4.69) is 86.3 Å². The standard InChI is InChI=1S/C22H26N3O.BF4/c1-22(2,3)18-9-11-19(12-10-18)25-16-24-20(14-26-15-21(24)23-25)13-17-7-5-4-6-8-17;2-1(3,4)5/h4-12,16,20H,13-15H2,1-3H3;/q+1;-1. The number of aromatic nitrogens is 3. The van der Waals surface area contributed by atoms with E-state index in [0.717, 1.165) is 24.5 Å². The molecule has 1 unspecified atom stereocenters. The minimum absolute atomic E-state index is 0.158. The third-order valence-corrected chi connectivity index (χ3v) is 5.00. The first-order valence-electron chi connectivity index (χ1n) is 10.1. The smallest absolute Gasteiger partial charge is 0.418 e. The van der Waals surface area contributed by atoms with Crippen molar-refractivity contribution in [3.8, 4) is 5.69 Å². The molecule has 0 aliphatic carbocycles. The molecule has 2 heterocycles. The number of fused-ring (bicyclic) bond motifs is 1. The zero-order valence-corrected chi connectivity index (χ0v) is 17.8. The van der Waals surface area contributed by atoms with Crippen molar-refractivity contribution in [2.45, 2.75) is 45.3 Å². The summed E-state index contributed by atoms with van der Waals surface area (Å²) in [5.74, 6) is 0.983.